The maximum atomic E-state index is 5.81. The molecule has 3 nitrogen and oxygen atoms in total. The van der Waals surface area contributed by atoms with Crippen molar-refractivity contribution >= 4 is 22.2 Å². The standard InChI is InChI=1S/C10H11N3S/c1-6-2-3-7(4-8(6)11)9-5-14-10(12)13-9/h2-5H,11H2,1H3,(H2,12,13). The molecule has 72 valence electrons. The van der Waals surface area contributed by atoms with Crippen LogP contribution in [0.25, 0.3) is 11.3 Å². The molecule has 4 heteroatoms. The van der Waals surface area contributed by atoms with Crippen molar-refractivity contribution in [2.24, 2.45) is 0 Å². The number of nitrogens with zero attached hydrogens (tertiary/aromatic N) is 1. The second-order valence-corrected chi connectivity index (χ2v) is 4.03. The van der Waals surface area contributed by atoms with E-state index in [0.717, 1.165) is 22.5 Å². The molecule has 0 saturated heterocycles. The summed E-state index contributed by atoms with van der Waals surface area (Å²) in [4.78, 5) is 4.19. The van der Waals surface area contributed by atoms with E-state index in [0.29, 0.717) is 5.13 Å². The molecular formula is C10H11N3S. The normalized spacial score (nSPS) is 10.4. The smallest absolute Gasteiger partial charge is 0.180 e. The van der Waals surface area contributed by atoms with Gasteiger partial charge < -0.3 is 11.5 Å². The predicted molar refractivity (Wildman–Crippen MR) is 61.1 cm³/mol. The Labute approximate surface area is 86.4 Å². The van der Waals surface area contributed by atoms with Crippen LogP contribution in [0.1, 0.15) is 5.56 Å². The van der Waals surface area contributed by atoms with E-state index in [1.807, 2.05) is 30.5 Å². The predicted octanol–water partition coefficient (Wildman–Crippen LogP) is 2.28. The highest BCUT2D eigenvalue weighted by atomic mass is 32.1. The second kappa shape index (κ2) is 3.31. The number of hydrogen-bond acceptors (Lipinski definition) is 4. The average molecular weight is 205 g/mol. The molecular weight excluding hydrogens is 194 g/mol. The van der Waals surface area contributed by atoms with Gasteiger partial charge in [0.25, 0.3) is 0 Å². The van der Waals surface area contributed by atoms with E-state index in [4.69, 9.17) is 11.5 Å². The van der Waals surface area contributed by atoms with Crippen LogP contribution < -0.4 is 11.5 Å². The van der Waals surface area contributed by atoms with Crippen molar-refractivity contribution in [1.82, 2.24) is 4.98 Å². The summed E-state index contributed by atoms with van der Waals surface area (Å²) in [6, 6.07) is 5.91. The van der Waals surface area contributed by atoms with E-state index < -0.39 is 0 Å². The molecule has 0 fully saturated rings. The lowest BCUT2D eigenvalue weighted by molar-refractivity contribution is 1.40. The van der Waals surface area contributed by atoms with E-state index in [1.165, 1.54) is 11.3 Å². The number of thiazole rings is 1. The molecule has 0 aliphatic heterocycles. The van der Waals surface area contributed by atoms with Crippen LogP contribution in [0, 0.1) is 6.92 Å². The molecule has 0 saturated carbocycles. The van der Waals surface area contributed by atoms with Crippen LogP contribution in [0.5, 0.6) is 0 Å². The average Bonchev–Trinajstić information content (AvgIpc) is 2.57. The molecule has 2 aromatic rings. The van der Waals surface area contributed by atoms with Gasteiger partial charge in [-0.3, -0.25) is 0 Å². The maximum absolute atomic E-state index is 5.81. The van der Waals surface area contributed by atoms with Gasteiger partial charge in [-0.1, -0.05) is 12.1 Å². The zero-order valence-corrected chi connectivity index (χ0v) is 8.64. The van der Waals surface area contributed by atoms with Crippen molar-refractivity contribution < 1.29 is 0 Å². The fourth-order valence-corrected chi connectivity index (χ4v) is 1.79. The van der Waals surface area contributed by atoms with Gasteiger partial charge in [-0.15, -0.1) is 11.3 Å². The fourth-order valence-electron chi connectivity index (χ4n) is 1.22. The number of aromatic nitrogens is 1. The quantitative estimate of drug-likeness (QED) is 0.702. The minimum atomic E-state index is 0.583. The molecule has 14 heavy (non-hydrogen) atoms. The van der Waals surface area contributed by atoms with Crippen LogP contribution in [0.3, 0.4) is 0 Å². The van der Waals surface area contributed by atoms with Crippen LogP contribution in [-0.2, 0) is 0 Å². The van der Waals surface area contributed by atoms with Gasteiger partial charge in [0.15, 0.2) is 5.13 Å². The molecule has 0 spiro atoms. The third-order valence-electron chi connectivity index (χ3n) is 2.10. The van der Waals surface area contributed by atoms with E-state index in [-0.39, 0.29) is 0 Å². The fraction of sp³-hybridized carbons (Fsp3) is 0.100. The van der Waals surface area contributed by atoms with Crippen molar-refractivity contribution in [3.8, 4) is 11.3 Å². The van der Waals surface area contributed by atoms with Crippen LogP contribution in [-0.4, -0.2) is 4.98 Å². The minimum Gasteiger partial charge on any atom is -0.398 e. The molecule has 4 N–H and O–H groups in total. The van der Waals surface area contributed by atoms with E-state index in [1.54, 1.807) is 0 Å². The van der Waals surface area contributed by atoms with E-state index in [2.05, 4.69) is 4.98 Å². The minimum absolute atomic E-state index is 0.583. The van der Waals surface area contributed by atoms with Gasteiger partial charge in [0.2, 0.25) is 0 Å². The number of rotatable bonds is 1. The molecule has 0 amide bonds. The van der Waals surface area contributed by atoms with Gasteiger partial charge in [-0.2, -0.15) is 0 Å². The zero-order chi connectivity index (χ0) is 10.1. The monoisotopic (exact) mass is 205 g/mol. The molecule has 0 aliphatic rings. The Morgan fingerprint density at radius 1 is 1.29 bits per heavy atom. The van der Waals surface area contributed by atoms with Crippen LogP contribution in [0.15, 0.2) is 23.6 Å². The molecule has 0 unspecified atom stereocenters. The van der Waals surface area contributed by atoms with Crippen LogP contribution in [0.4, 0.5) is 10.8 Å². The molecule has 0 bridgehead atoms. The molecule has 1 aromatic heterocycles. The molecule has 0 aliphatic carbocycles. The van der Waals surface area contributed by atoms with Gasteiger partial charge in [0.1, 0.15) is 0 Å². The third-order valence-corrected chi connectivity index (χ3v) is 2.77. The Kier molecular flexibility index (Phi) is 2.13. The summed E-state index contributed by atoms with van der Waals surface area (Å²) in [7, 11) is 0. The summed E-state index contributed by atoms with van der Waals surface area (Å²) in [5.74, 6) is 0. The number of nitrogens with two attached hydrogens (primary N) is 2. The highest BCUT2D eigenvalue weighted by Crippen LogP contribution is 2.25. The first kappa shape index (κ1) is 9.02. The zero-order valence-electron chi connectivity index (χ0n) is 7.82. The highest BCUT2D eigenvalue weighted by Gasteiger charge is 2.03. The van der Waals surface area contributed by atoms with Crippen molar-refractivity contribution in [2.75, 3.05) is 11.5 Å². The Morgan fingerprint density at radius 2 is 2.07 bits per heavy atom. The Balaban J connectivity index is 2.47. The topological polar surface area (TPSA) is 64.9 Å². The van der Waals surface area contributed by atoms with Crippen molar-refractivity contribution in [3.05, 3.63) is 29.1 Å². The van der Waals surface area contributed by atoms with E-state index in [9.17, 15) is 0 Å². The Hall–Kier alpha value is -1.55. The number of benzene rings is 1. The molecule has 0 radical (unpaired) electrons. The lowest BCUT2D eigenvalue weighted by Gasteiger charge is -2.01. The summed E-state index contributed by atoms with van der Waals surface area (Å²) in [5.41, 5.74) is 15.1. The van der Waals surface area contributed by atoms with Crippen LogP contribution >= 0.6 is 11.3 Å². The van der Waals surface area contributed by atoms with Gasteiger partial charge in [-0.05, 0) is 18.6 Å². The lowest BCUT2D eigenvalue weighted by Crippen LogP contribution is -1.90. The number of anilines is 2. The summed E-state index contributed by atoms with van der Waals surface area (Å²) in [6.07, 6.45) is 0. The largest absolute Gasteiger partial charge is 0.398 e. The lowest BCUT2D eigenvalue weighted by atomic mass is 10.1. The first-order valence-electron chi connectivity index (χ1n) is 4.24. The number of aryl methyl sites for hydroxylation is 1. The Morgan fingerprint density at radius 3 is 2.64 bits per heavy atom. The van der Waals surface area contributed by atoms with Gasteiger partial charge in [0, 0.05) is 16.6 Å². The van der Waals surface area contributed by atoms with Crippen LogP contribution in [0.2, 0.25) is 0 Å². The Bertz CT molecular complexity index is 462. The van der Waals surface area contributed by atoms with Gasteiger partial charge in [-0.25, -0.2) is 4.98 Å². The summed E-state index contributed by atoms with van der Waals surface area (Å²) >= 11 is 1.44. The summed E-state index contributed by atoms with van der Waals surface area (Å²) < 4.78 is 0. The third kappa shape index (κ3) is 1.56. The van der Waals surface area contributed by atoms with Crippen molar-refractivity contribution in [1.29, 1.82) is 0 Å². The first-order chi connectivity index (χ1) is 6.66. The molecule has 0 atom stereocenters. The van der Waals surface area contributed by atoms with Crippen molar-refractivity contribution in [2.45, 2.75) is 6.92 Å². The van der Waals surface area contributed by atoms with E-state index >= 15 is 0 Å². The van der Waals surface area contributed by atoms with Gasteiger partial charge >= 0.3 is 0 Å². The maximum Gasteiger partial charge on any atom is 0.180 e. The summed E-state index contributed by atoms with van der Waals surface area (Å²) in [5, 5.41) is 2.51. The first-order valence-corrected chi connectivity index (χ1v) is 5.12. The molecule has 2 rings (SSSR count). The molecule has 1 aromatic carbocycles. The molecule has 1 heterocycles. The number of hydrogen-bond donors (Lipinski definition) is 2. The van der Waals surface area contributed by atoms with Crippen molar-refractivity contribution in [3.63, 3.8) is 0 Å². The highest BCUT2D eigenvalue weighted by molar-refractivity contribution is 7.13. The number of nitrogen functional groups attached to an aromatic ring is 2. The second-order valence-electron chi connectivity index (χ2n) is 3.14. The summed E-state index contributed by atoms with van der Waals surface area (Å²) in [6.45, 7) is 1.98. The SMILES string of the molecule is Cc1ccc(-c2csc(N)n2)cc1N. The van der Waals surface area contributed by atoms with Gasteiger partial charge in [0.05, 0.1) is 5.69 Å².